The van der Waals surface area contributed by atoms with Crippen LogP contribution in [-0.2, 0) is 9.53 Å². The van der Waals surface area contributed by atoms with Gasteiger partial charge in [-0.05, 0) is 36.9 Å². The van der Waals surface area contributed by atoms with Gasteiger partial charge in [0.05, 0.1) is 12.8 Å². The third kappa shape index (κ3) is 3.85. The van der Waals surface area contributed by atoms with Gasteiger partial charge in [0.1, 0.15) is 10.6 Å². The average Bonchev–Trinajstić information content (AvgIpc) is 2.93. The maximum absolute atomic E-state index is 11.9. The van der Waals surface area contributed by atoms with Gasteiger partial charge in [0, 0.05) is 0 Å². The fourth-order valence-electron chi connectivity index (χ4n) is 1.95. The molecule has 0 fully saturated rings. The normalized spacial score (nSPS) is 10.1. The zero-order valence-corrected chi connectivity index (χ0v) is 13.5. The summed E-state index contributed by atoms with van der Waals surface area (Å²) < 4.78 is 10.2. The van der Waals surface area contributed by atoms with Gasteiger partial charge >= 0.3 is 5.97 Å². The van der Waals surface area contributed by atoms with Crippen molar-refractivity contribution < 1.29 is 19.1 Å². The van der Waals surface area contributed by atoms with Gasteiger partial charge in [-0.3, -0.25) is 4.79 Å². The molecule has 1 aromatic heterocycles. The molecule has 2 aromatic rings. The van der Waals surface area contributed by atoms with Gasteiger partial charge in [-0.25, -0.2) is 4.79 Å². The molecule has 2 rings (SSSR count). The number of anilines is 1. The van der Waals surface area contributed by atoms with E-state index < -0.39 is 5.97 Å². The summed E-state index contributed by atoms with van der Waals surface area (Å²) in [4.78, 5) is 23.8. The summed E-state index contributed by atoms with van der Waals surface area (Å²) in [6.07, 6.45) is 0. The van der Waals surface area contributed by atoms with Gasteiger partial charge in [0.15, 0.2) is 6.61 Å². The average molecular weight is 319 g/mol. The fourth-order valence-corrected chi connectivity index (χ4v) is 2.72. The van der Waals surface area contributed by atoms with Crippen molar-refractivity contribution >= 4 is 28.9 Å². The third-order valence-electron chi connectivity index (χ3n) is 3.00. The fraction of sp³-hybridized carbons (Fsp3) is 0.250. The summed E-state index contributed by atoms with van der Waals surface area (Å²) in [6, 6.07) is 7.41. The molecule has 1 amide bonds. The quantitative estimate of drug-likeness (QED) is 0.860. The Morgan fingerprint density at radius 3 is 2.68 bits per heavy atom. The molecule has 0 aliphatic carbocycles. The Bertz CT molecular complexity index is 693. The van der Waals surface area contributed by atoms with E-state index in [1.165, 1.54) is 18.4 Å². The number of thiophene rings is 1. The molecule has 116 valence electrons. The zero-order chi connectivity index (χ0) is 16.1. The second kappa shape index (κ2) is 7.09. The first-order valence-corrected chi connectivity index (χ1v) is 7.55. The van der Waals surface area contributed by atoms with E-state index in [0.717, 1.165) is 11.1 Å². The molecule has 0 spiro atoms. The molecule has 0 aliphatic rings. The van der Waals surface area contributed by atoms with Crippen LogP contribution in [0.1, 0.15) is 20.8 Å². The summed E-state index contributed by atoms with van der Waals surface area (Å²) in [5, 5.41) is 4.37. The highest BCUT2D eigenvalue weighted by Crippen LogP contribution is 2.23. The van der Waals surface area contributed by atoms with E-state index in [4.69, 9.17) is 4.74 Å². The highest BCUT2D eigenvalue weighted by atomic mass is 32.1. The number of nitrogens with one attached hydrogen (secondary N) is 1. The van der Waals surface area contributed by atoms with E-state index in [1.807, 2.05) is 32.0 Å². The molecule has 0 radical (unpaired) electrons. The number of hydrogen-bond donors (Lipinski definition) is 1. The lowest BCUT2D eigenvalue weighted by molar-refractivity contribution is -0.118. The molecule has 0 aliphatic heterocycles. The minimum atomic E-state index is -0.472. The molecule has 1 aromatic carbocycles. The number of benzene rings is 1. The summed E-state index contributed by atoms with van der Waals surface area (Å²) in [6.45, 7) is 3.79. The molecule has 6 heteroatoms. The van der Waals surface area contributed by atoms with E-state index >= 15 is 0 Å². The van der Waals surface area contributed by atoms with Crippen LogP contribution >= 0.6 is 11.3 Å². The van der Waals surface area contributed by atoms with Crippen molar-refractivity contribution in [2.24, 2.45) is 0 Å². The first kappa shape index (κ1) is 16.0. The first-order chi connectivity index (χ1) is 10.5. The molecule has 0 atom stereocenters. The maximum Gasteiger partial charge on any atom is 0.350 e. The van der Waals surface area contributed by atoms with Crippen LogP contribution in [0.2, 0.25) is 0 Å². The smallest absolute Gasteiger partial charge is 0.350 e. The Kier molecular flexibility index (Phi) is 5.16. The van der Waals surface area contributed by atoms with E-state index in [2.05, 4.69) is 10.1 Å². The van der Waals surface area contributed by atoms with E-state index in [9.17, 15) is 9.59 Å². The van der Waals surface area contributed by atoms with Crippen molar-refractivity contribution in [1.29, 1.82) is 0 Å². The van der Waals surface area contributed by atoms with Crippen molar-refractivity contribution in [3.8, 4) is 5.75 Å². The zero-order valence-electron chi connectivity index (χ0n) is 12.6. The predicted octanol–water partition coefficient (Wildman–Crippen LogP) is 3.17. The SMILES string of the molecule is COC(=O)c1sccc1NC(=O)COc1ccc(C)cc1C. The van der Waals surface area contributed by atoms with Gasteiger partial charge in [-0.1, -0.05) is 17.7 Å². The third-order valence-corrected chi connectivity index (χ3v) is 3.89. The van der Waals surface area contributed by atoms with Gasteiger partial charge in [0.2, 0.25) is 0 Å². The van der Waals surface area contributed by atoms with Gasteiger partial charge < -0.3 is 14.8 Å². The van der Waals surface area contributed by atoms with Crippen molar-refractivity contribution in [2.45, 2.75) is 13.8 Å². The molecular weight excluding hydrogens is 302 g/mol. The number of aryl methyl sites for hydroxylation is 2. The monoisotopic (exact) mass is 319 g/mol. The second-order valence-electron chi connectivity index (χ2n) is 4.76. The Balaban J connectivity index is 1.96. The van der Waals surface area contributed by atoms with E-state index in [1.54, 1.807) is 11.4 Å². The second-order valence-corrected chi connectivity index (χ2v) is 5.68. The minimum Gasteiger partial charge on any atom is -0.483 e. The molecule has 1 N–H and O–H groups in total. The highest BCUT2D eigenvalue weighted by Gasteiger charge is 2.15. The van der Waals surface area contributed by atoms with Crippen molar-refractivity contribution in [1.82, 2.24) is 0 Å². The van der Waals surface area contributed by atoms with Crippen LogP contribution in [0.25, 0.3) is 0 Å². The number of carbonyl (C=O) groups excluding carboxylic acids is 2. The van der Waals surface area contributed by atoms with Crippen LogP contribution in [0.3, 0.4) is 0 Å². The molecule has 0 bridgehead atoms. The Hall–Kier alpha value is -2.34. The number of hydrogen-bond acceptors (Lipinski definition) is 5. The Labute approximate surface area is 132 Å². The number of esters is 1. The molecule has 0 saturated carbocycles. The molecule has 1 heterocycles. The molecule has 22 heavy (non-hydrogen) atoms. The van der Waals surface area contributed by atoms with Crippen LogP contribution < -0.4 is 10.1 Å². The summed E-state index contributed by atoms with van der Waals surface area (Å²) in [7, 11) is 1.30. The molecular formula is C16H17NO4S. The largest absolute Gasteiger partial charge is 0.483 e. The minimum absolute atomic E-state index is 0.125. The highest BCUT2D eigenvalue weighted by molar-refractivity contribution is 7.12. The number of amides is 1. The van der Waals surface area contributed by atoms with Crippen LogP contribution in [0.4, 0.5) is 5.69 Å². The predicted molar refractivity (Wildman–Crippen MR) is 85.7 cm³/mol. The van der Waals surface area contributed by atoms with Gasteiger partial charge in [-0.2, -0.15) is 0 Å². The van der Waals surface area contributed by atoms with E-state index in [-0.39, 0.29) is 12.5 Å². The lowest BCUT2D eigenvalue weighted by atomic mass is 10.1. The first-order valence-electron chi connectivity index (χ1n) is 6.67. The Morgan fingerprint density at radius 1 is 1.23 bits per heavy atom. The van der Waals surface area contributed by atoms with Crippen molar-refractivity contribution in [3.63, 3.8) is 0 Å². The van der Waals surface area contributed by atoms with Crippen LogP contribution in [0.5, 0.6) is 5.75 Å². The van der Waals surface area contributed by atoms with Crippen LogP contribution in [-0.4, -0.2) is 25.6 Å². The molecule has 0 saturated heterocycles. The topological polar surface area (TPSA) is 64.6 Å². The lowest BCUT2D eigenvalue weighted by Crippen LogP contribution is -2.21. The lowest BCUT2D eigenvalue weighted by Gasteiger charge is -2.10. The van der Waals surface area contributed by atoms with Gasteiger partial charge in [0.25, 0.3) is 5.91 Å². The van der Waals surface area contributed by atoms with Crippen LogP contribution in [0, 0.1) is 13.8 Å². The molecule has 0 unspecified atom stereocenters. The molecule has 5 nitrogen and oxygen atoms in total. The summed E-state index contributed by atoms with van der Waals surface area (Å²) >= 11 is 1.21. The maximum atomic E-state index is 11.9. The summed E-state index contributed by atoms with van der Waals surface area (Å²) in [5.41, 5.74) is 2.54. The van der Waals surface area contributed by atoms with Gasteiger partial charge in [-0.15, -0.1) is 11.3 Å². The number of ether oxygens (including phenoxy) is 2. The van der Waals surface area contributed by atoms with Crippen molar-refractivity contribution in [3.05, 3.63) is 45.6 Å². The van der Waals surface area contributed by atoms with Crippen molar-refractivity contribution in [2.75, 3.05) is 19.0 Å². The number of carbonyl (C=O) groups is 2. The van der Waals surface area contributed by atoms with Crippen LogP contribution in [0.15, 0.2) is 29.6 Å². The van der Waals surface area contributed by atoms with E-state index in [0.29, 0.717) is 16.3 Å². The number of methoxy groups -OCH3 is 1. The number of rotatable bonds is 5. The standard InChI is InChI=1S/C16H17NO4S/c1-10-4-5-13(11(2)8-10)21-9-14(18)17-12-6-7-22-15(12)16(19)20-3/h4-8H,9H2,1-3H3,(H,17,18). The Morgan fingerprint density at radius 2 is 2.00 bits per heavy atom. The summed E-state index contributed by atoms with van der Waals surface area (Å²) in [5.74, 6) is -0.136.